The molecule has 0 radical (unpaired) electrons. The minimum absolute atomic E-state index is 0.120. The Kier molecular flexibility index (Phi) is 5.89. The molecule has 2 heterocycles. The number of nitrogens with one attached hydrogen (secondary N) is 1. The van der Waals surface area contributed by atoms with Crippen molar-refractivity contribution in [2.45, 2.75) is 39.5 Å². The first kappa shape index (κ1) is 20.6. The molecule has 0 bridgehead atoms. The highest BCUT2D eigenvalue weighted by molar-refractivity contribution is 5.85. The van der Waals surface area contributed by atoms with Crippen LogP contribution in [-0.2, 0) is 16.0 Å². The number of amides is 2. The molecule has 1 saturated carbocycles. The summed E-state index contributed by atoms with van der Waals surface area (Å²) in [6, 6.07) is 12.5. The molecule has 0 unspecified atom stereocenters. The molecule has 1 aliphatic carbocycles. The molecule has 2 aliphatic rings. The number of carbonyl (C=O) groups is 2. The Balaban J connectivity index is 1.48. The molecule has 2 fully saturated rings. The monoisotopic (exact) mass is 405 g/mol. The summed E-state index contributed by atoms with van der Waals surface area (Å²) in [6.07, 6.45) is 6.75. The fourth-order valence-corrected chi connectivity index (χ4v) is 4.64. The molecule has 1 aliphatic heterocycles. The van der Waals surface area contributed by atoms with Crippen LogP contribution in [0.25, 0.3) is 11.1 Å². The summed E-state index contributed by atoms with van der Waals surface area (Å²) >= 11 is 0. The number of aromatic nitrogens is 1. The Bertz CT molecular complexity index is 886. The van der Waals surface area contributed by atoms with Gasteiger partial charge in [-0.15, -0.1) is 0 Å². The van der Waals surface area contributed by atoms with E-state index in [2.05, 4.69) is 41.5 Å². The number of benzene rings is 1. The van der Waals surface area contributed by atoms with Crippen molar-refractivity contribution < 1.29 is 9.59 Å². The van der Waals surface area contributed by atoms with Crippen molar-refractivity contribution in [1.29, 1.82) is 0 Å². The molecular formula is C25H31N3O2. The third-order valence-corrected chi connectivity index (χ3v) is 6.79. The highest BCUT2D eigenvalue weighted by atomic mass is 16.2. The molecular weight excluding hydrogens is 374 g/mol. The molecule has 4 rings (SSSR count). The summed E-state index contributed by atoms with van der Waals surface area (Å²) in [7, 11) is 0. The van der Waals surface area contributed by atoms with E-state index in [9.17, 15) is 9.59 Å². The van der Waals surface area contributed by atoms with E-state index in [1.807, 2.05) is 24.0 Å². The lowest BCUT2D eigenvalue weighted by Crippen LogP contribution is -2.51. The van der Waals surface area contributed by atoms with E-state index in [4.69, 9.17) is 0 Å². The average molecular weight is 406 g/mol. The van der Waals surface area contributed by atoms with E-state index < -0.39 is 5.41 Å². The minimum atomic E-state index is -0.444. The Morgan fingerprint density at radius 1 is 1.07 bits per heavy atom. The first-order chi connectivity index (χ1) is 14.5. The largest absolute Gasteiger partial charge is 0.356 e. The Morgan fingerprint density at radius 3 is 2.23 bits per heavy atom. The number of rotatable bonds is 6. The third-order valence-electron chi connectivity index (χ3n) is 6.79. The van der Waals surface area contributed by atoms with Gasteiger partial charge < -0.3 is 10.2 Å². The van der Waals surface area contributed by atoms with Crippen LogP contribution in [0.4, 0.5) is 0 Å². The first-order valence-electron chi connectivity index (χ1n) is 11.1. The van der Waals surface area contributed by atoms with Crippen molar-refractivity contribution in [3.8, 4) is 11.1 Å². The summed E-state index contributed by atoms with van der Waals surface area (Å²) in [4.78, 5) is 31.8. The molecule has 1 aromatic heterocycles. The maximum atomic E-state index is 13.1. The normalized spacial score (nSPS) is 22.4. The van der Waals surface area contributed by atoms with Crippen molar-refractivity contribution in [1.82, 2.24) is 15.2 Å². The zero-order valence-corrected chi connectivity index (χ0v) is 17.9. The van der Waals surface area contributed by atoms with Crippen LogP contribution in [0.1, 0.15) is 38.7 Å². The van der Waals surface area contributed by atoms with E-state index in [1.165, 1.54) is 0 Å². The minimum Gasteiger partial charge on any atom is -0.356 e. The number of carbonyl (C=O) groups excluding carboxylic acids is 2. The predicted molar refractivity (Wildman–Crippen MR) is 118 cm³/mol. The zero-order chi connectivity index (χ0) is 21.1. The Morgan fingerprint density at radius 2 is 1.67 bits per heavy atom. The smallest absolute Gasteiger partial charge is 0.226 e. The van der Waals surface area contributed by atoms with Crippen LogP contribution in [0.2, 0.25) is 0 Å². The Hall–Kier alpha value is -2.69. The van der Waals surface area contributed by atoms with Crippen molar-refractivity contribution in [3.05, 3.63) is 54.4 Å². The molecule has 0 spiro atoms. The van der Waals surface area contributed by atoms with Gasteiger partial charge in [0.05, 0.1) is 5.41 Å². The highest BCUT2D eigenvalue weighted by Crippen LogP contribution is 2.42. The van der Waals surface area contributed by atoms with Gasteiger partial charge in [-0.3, -0.25) is 14.6 Å². The molecule has 1 N–H and O–H groups in total. The van der Waals surface area contributed by atoms with Gasteiger partial charge in [-0.05, 0) is 67.3 Å². The van der Waals surface area contributed by atoms with Crippen LogP contribution in [0, 0.1) is 17.3 Å². The van der Waals surface area contributed by atoms with Gasteiger partial charge in [0.1, 0.15) is 0 Å². The van der Waals surface area contributed by atoms with Crippen LogP contribution in [0.3, 0.4) is 0 Å². The highest BCUT2D eigenvalue weighted by Gasteiger charge is 2.46. The van der Waals surface area contributed by atoms with Gasteiger partial charge in [0.2, 0.25) is 11.8 Å². The van der Waals surface area contributed by atoms with E-state index in [0.717, 1.165) is 36.0 Å². The molecule has 2 atom stereocenters. The molecule has 5 nitrogen and oxygen atoms in total. The molecule has 2 amide bonds. The molecule has 5 heteroatoms. The van der Waals surface area contributed by atoms with E-state index >= 15 is 0 Å². The van der Waals surface area contributed by atoms with Crippen LogP contribution in [-0.4, -0.2) is 41.3 Å². The number of piperidine rings is 1. The maximum absolute atomic E-state index is 13.1. The fraction of sp³-hybridized carbons (Fsp3) is 0.480. The summed E-state index contributed by atoms with van der Waals surface area (Å²) in [5, 5.41) is 3.05. The molecule has 1 saturated heterocycles. The fourth-order valence-electron chi connectivity index (χ4n) is 4.64. The van der Waals surface area contributed by atoms with Crippen LogP contribution in [0.15, 0.2) is 48.8 Å². The summed E-state index contributed by atoms with van der Waals surface area (Å²) < 4.78 is 0. The predicted octanol–water partition coefficient (Wildman–Crippen LogP) is 3.69. The second-order valence-corrected chi connectivity index (χ2v) is 8.89. The second-order valence-electron chi connectivity index (χ2n) is 8.89. The quantitative estimate of drug-likeness (QED) is 0.797. The van der Waals surface area contributed by atoms with Gasteiger partial charge >= 0.3 is 0 Å². The SMILES string of the molecule is CCNC(=O)C1(Cc2ccc(-c3ccncc3)cc2)CCN(C(=O)[C@@H]2C[C@@H]2C)CC1. The summed E-state index contributed by atoms with van der Waals surface area (Å²) in [6.45, 7) is 6.08. The Labute approximate surface area is 178 Å². The van der Waals surface area contributed by atoms with Gasteiger partial charge in [-0.25, -0.2) is 0 Å². The number of hydrogen-bond acceptors (Lipinski definition) is 3. The standard InChI is InChI=1S/C25H31N3O2/c1-3-27-24(30)25(10-14-28(15-11-25)23(29)22-16-18(22)2)17-19-4-6-20(7-5-19)21-8-12-26-13-9-21/h4-9,12-13,18,22H,3,10-11,14-17H2,1-2H3,(H,27,30)/t18-,22+/m0/s1. The summed E-state index contributed by atoms with van der Waals surface area (Å²) in [5.74, 6) is 1.14. The van der Waals surface area contributed by atoms with Crippen molar-refractivity contribution >= 4 is 11.8 Å². The molecule has 30 heavy (non-hydrogen) atoms. The van der Waals surface area contributed by atoms with Crippen molar-refractivity contribution in [2.75, 3.05) is 19.6 Å². The van der Waals surface area contributed by atoms with Gasteiger partial charge in [0.15, 0.2) is 0 Å². The van der Waals surface area contributed by atoms with Crippen LogP contribution >= 0.6 is 0 Å². The van der Waals surface area contributed by atoms with Gasteiger partial charge in [0.25, 0.3) is 0 Å². The maximum Gasteiger partial charge on any atom is 0.226 e. The number of nitrogens with zero attached hydrogens (tertiary/aromatic N) is 2. The van der Waals surface area contributed by atoms with E-state index in [-0.39, 0.29) is 17.7 Å². The lowest BCUT2D eigenvalue weighted by atomic mass is 9.72. The van der Waals surface area contributed by atoms with E-state index in [0.29, 0.717) is 32.0 Å². The number of hydrogen-bond donors (Lipinski definition) is 1. The summed E-state index contributed by atoms with van der Waals surface area (Å²) in [5.41, 5.74) is 3.00. The zero-order valence-electron chi connectivity index (χ0n) is 17.9. The third kappa shape index (κ3) is 4.25. The molecule has 158 valence electrons. The van der Waals surface area contributed by atoms with Crippen LogP contribution in [0.5, 0.6) is 0 Å². The van der Waals surface area contributed by atoms with Gasteiger partial charge in [0, 0.05) is 37.9 Å². The van der Waals surface area contributed by atoms with Gasteiger partial charge in [-0.1, -0.05) is 31.2 Å². The van der Waals surface area contributed by atoms with Crippen LogP contribution < -0.4 is 5.32 Å². The first-order valence-corrected chi connectivity index (χ1v) is 11.1. The molecule has 2 aromatic rings. The average Bonchev–Trinajstić information content (AvgIpc) is 3.51. The topological polar surface area (TPSA) is 62.3 Å². The van der Waals surface area contributed by atoms with E-state index in [1.54, 1.807) is 12.4 Å². The lowest BCUT2D eigenvalue weighted by Gasteiger charge is -2.41. The lowest BCUT2D eigenvalue weighted by molar-refractivity contribution is -0.141. The van der Waals surface area contributed by atoms with Gasteiger partial charge in [-0.2, -0.15) is 0 Å². The number of pyridine rings is 1. The van der Waals surface area contributed by atoms with Crippen molar-refractivity contribution in [2.24, 2.45) is 17.3 Å². The molecule has 1 aromatic carbocycles. The second kappa shape index (κ2) is 8.58. The number of likely N-dealkylation sites (tertiary alicyclic amines) is 1. The van der Waals surface area contributed by atoms with Crippen molar-refractivity contribution in [3.63, 3.8) is 0 Å².